The summed E-state index contributed by atoms with van der Waals surface area (Å²) in [5, 5.41) is 5.77. The number of benzene rings is 2. The van der Waals surface area contributed by atoms with Crippen LogP contribution in [-0.4, -0.2) is 53.1 Å². The topological polar surface area (TPSA) is 61.6 Å². The highest BCUT2D eigenvalue weighted by Crippen LogP contribution is 2.29. The van der Waals surface area contributed by atoms with Crippen molar-refractivity contribution in [3.05, 3.63) is 71.9 Å². The average Bonchev–Trinajstić information content (AvgIpc) is 3.01. The number of rotatable bonds is 6. The van der Waals surface area contributed by atoms with Gasteiger partial charge in [-0.1, -0.05) is 24.3 Å². The van der Waals surface area contributed by atoms with Gasteiger partial charge in [-0.15, -0.1) is 0 Å². The number of aromatic nitrogens is 3. The van der Waals surface area contributed by atoms with E-state index in [1.165, 1.54) is 0 Å². The van der Waals surface area contributed by atoms with Gasteiger partial charge in [0, 0.05) is 36.7 Å². The Labute approximate surface area is 187 Å². The highest BCUT2D eigenvalue weighted by atomic mass is 16.5. The number of nitrogens with zero attached hydrogens (tertiary/aromatic N) is 4. The van der Waals surface area contributed by atoms with E-state index in [1.54, 1.807) is 7.11 Å². The van der Waals surface area contributed by atoms with Crippen LogP contribution in [0.1, 0.15) is 11.3 Å². The van der Waals surface area contributed by atoms with Crippen molar-refractivity contribution in [3.8, 4) is 23.1 Å². The number of hydrogen-bond donors (Lipinski definition) is 0. The molecule has 0 saturated carbocycles. The molecule has 2 aromatic carbocycles. The predicted octanol–water partition coefficient (Wildman–Crippen LogP) is 4.01. The molecule has 164 valence electrons. The van der Waals surface area contributed by atoms with Crippen molar-refractivity contribution in [2.75, 3.05) is 33.4 Å². The minimum Gasteiger partial charge on any atom is -0.497 e. The van der Waals surface area contributed by atoms with Crippen molar-refractivity contribution < 1.29 is 14.2 Å². The molecule has 0 aliphatic carbocycles. The smallest absolute Gasteiger partial charge is 0.220 e. The lowest BCUT2D eigenvalue weighted by Crippen LogP contribution is -2.30. The van der Waals surface area contributed by atoms with Gasteiger partial charge in [0.25, 0.3) is 0 Å². The number of aryl methyl sites for hydroxylation is 1. The maximum Gasteiger partial charge on any atom is 0.220 e. The second-order valence-electron chi connectivity index (χ2n) is 7.81. The maximum absolute atomic E-state index is 6.03. The van der Waals surface area contributed by atoms with E-state index in [9.17, 15) is 0 Å². The molecule has 1 aliphatic rings. The Morgan fingerprint density at radius 2 is 1.88 bits per heavy atom. The van der Waals surface area contributed by atoms with Gasteiger partial charge >= 0.3 is 0 Å². The van der Waals surface area contributed by atoms with Crippen molar-refractivity contribution in [1.29, 1.82) is 0 Å². The van der Waals surface area contributed by atoms with Crippen molar-refractivity contribution >= 4 is 11.0 Å². The van der Waals surface area contributed by atoms with Gasteiger partial charge in [-0.2, -0.15) is 10.1 Å². The van der Waals surface area contributed by atoms with Crippen molar-refractivity contribution in [1.82, 2.24) is 19.7 Å². The zero-order chi connectivity index (χ0) is 21.9. The van der Waals surface area contributed by atoms with Crippen LogP contribution in [0.15, 0.2) is 60.7 Å². The van der Waals surface area contributed by atoms with Gasteiger partial charge in [-0.05, 0) is 37.3 Å². The minimum atomic E-state index is 0.586. The number of para-hydroxylation sites is 1. The van der Waals surface area contributed by atoms with Crippen LogP contribution in [0.2, 0.25) is 0 Å². The highest BCUT2D eigenvalue weighted by Gasteiger charge is 2.20. The van der Waals surface area contributed by atoms with Gasteiger partial charge < -0.3 is 14.2 Å². The number of hydrogen-bond acceptors (Lipinski definition) is 6. The Balaban J connectivity index is 1.33. The summed E-state index contributed by atoms with van der Waals surface area (Å²) in [6, 6.07) is 19.9. The molecule has 0 bridgehead atoms. The zero-order valence-corrected chi connectivity index (χ0v) is 18.3. The Morgan fingerprint density at radius 3 is 2.72 bits per heavy atom. The van der Waals surface area contributed by atoms with Gasteiger partial charge in [0.1, 0.15) is 24.7 Å². The molecule has 1 aliphatic heterocycles. The third-order valence-corrected chi connectivity index (χ3v) is 5.64. The molecule has 0 amide bonds. The first-order valence-corrected chi connectivity index (χ1v) is 10.8. The number of fused-ring (bicyclic) bond motifs is 2. The van der Waals surface area contributed by atoms with E-state index in [0.29, 0.717) is 19.1 Å². The SMILES string of the molecule is COc1cccc(OCCN2CCOc3nc4c(cc3C2)c(C)nn4-c2ccccc2)c1. The third-order valence-electron chi connectivity index (χ3n) is 5.64. The van der Waals surface area contributed by atoms with Crippen molar-refractivity contribution in [2.24, 2.45) is 0 Å². The molecule has 0 N–H and O–H groups in total. The number of ether oxygens (including phenoxy) is 3. The molecule has 0 saturated heterocycles. The lowest BCUT2D eigenvalue weighted by atomic mass is 10.2. The van der Waals surface area contributed by atoms with Crippen LogP contribution in [0.5, 0.6) is 17.4 Å². The Hall–Kier alpha value is -3.58. The fourth-order valence-corrected chi connectivity index (χ4v) is 3.96. The van der Waals surface area contributed by atoms with E-state index < -0.39 is 0 Å². The molecule has 0 fully saturated rings. The van der Waals surface area contributed by atoms with E-state index in [0.717, 1.165) is 59.1 Å². The van der Waals surface area contributed by atoms with Crippen LogP contribution in [-0.2, 0) is 6.54 Å². The quantitative estimate of drug-likeness (QED) is 0.461. The first kappa shape index (κ1) is 20.3. The van der Waals surface area contributed by atoms with E-state index in [2.05, 4.69) is 11.0 Å². The van der Waals surface area contributed by atoms with Crippen LogP contribution in [0.4, 0.5) is 0 Å². The van der Waals surface area contributed by atoms with E-state index in [-0.39, 0.29) is 0 Å². The molecule has 32 heavy (non-hydrogen) atoms. The second-order valence-corrected chi connectivity index (χ2v) is 7.81. The maximum atomic E-state index is 6.03. The molecular formula is C25H26N4O3. The molecule has 0 unspecified atom stereocenters. The average molecular weight is 431 g/mol. The predicted molar refractivity (Wildman–Crippen MR) is 123 cm³/mol. The highest BCUT2D eigenvalue weighted by molar-refractivity contribution is 5.81. The van der Waals surface area contributed by atoms with Crippen LogP contribution in [0.25, 0.3) is 16.7 Å². The van der Waals surface area contributed by atoms with Gasteiger partial charge in [0.2, 0.25) is 5.88 Å². The molecule has 7 heteroatoms. The van der Waals surface area contributed by atoms with E-state index in [4.69, 9.17) is 24.3 Å². The minimum absolute atomic E-state index is 0.586. The van der Waals surface area contributed by atoms with E-state index in [1.807, 2.05) is 66.2 Å². The molecule has 4 aromatic rings. The summed E-state index contributed by atoms with van der Waals surface area (Å²) in [5.74, 6) is 2.29. The van der Waals surface area contributed by atoms with Gasteiger partial charge in [-0.3, -0.25) is 4.90 Å². The number of methoxy groups -OCH3 is 1. The summed E-state index contributed by atoms with van der Waals surface area (Å²) in [6.45, 7) is 5.56. The summed E-state index contributed by atoms with van der Waals surface area (Å²) in [5.41, 5.74) is 3.84. The largest absolute Gasteiger partial charge is 0.497 e. The number of pyridine rings is 1. The molecule has 0 spiro atoms. The first-order chi connectivity index (χ1) is 15.7. The van der Waals surface area contributed by atoms with Crippen LogP contribution >= 0.6 is 0 Å². The fraction of sp³-hybridized carbons (Fsp3) is 0.280. The summed E-state index contributed by atoms with van der Waals surface area (Å²) in [4.78, 5) is 7.19. The van der Waals surface area contributed by atoms with Crippen molar-refractivity contribution in [2.45, 2.75) is 13.5 Å². The lowest BCUT2D eigenvalue weighted by molar-refractivity contribution is 0.185. The Morgan fingerprint density at radius 1 is 1.03 bits per heavy atom. The molecule has 5 rings (SSSR count). The summed E-state index contributed by atoms with van der Waals surface area (Å²) in [6.07, 6.45) is 0. The van der Waals surface area contributed by atoms with Gasteiger partial charge in [0.15, 0.2) is 5.65 Å². The van der Waals surface area contributed by atoms with Gasteiger partial charge in [0.05, 0.1) is 18.5 Å². The normalized spacial score (nSPS) is 13.9. The summed E-state index contributed by atoms with van der Waals surface area (Å²) < 4.78 is 19.1. The monoisotopic (exact) mass is 430 g/mol. The third kappa shape index (κ3) is 4.11. The van der Waals surface area contributed by atoms with E-state index >= 15 is 0 Å². The fourth-order valence-electron chi connectivity index (χ4n) is 3.96. The molecular weight excluding hydrogens is 404 g/mol. The molecule has 0 radical (unpaired) electrons. The molecule has 3 heterocycles. The first-order valence-electron chi connectivity index (χ1n) is 10.8. The zero-order valence-electron chi connectivity index (χ0n) is 18.3. The summed E-state index contributed by atoms with van der Waals surface area (Å²) >= 11 is 0. The lowest BCUT2D eigenvalue weighted by Gasteiger charge is -2.19. The van der Waals surface area contributed by atoms with Crippen LogP contribution in [0, 0.1) is 6.92 Å². The molecule has 7 nitrogen and oxygen atoms in total. The Bertz CT molecular complexity index is 1220. The second kappa shape index (κ2) is 8.88. The molecule has 2 aromatic heterocycles. The van der Waals surface area contributed by atoms with Crippen LogP contribution in [0.3, 0.4) is 0 Å². The summed E-state index contributed by atoms with van der Waals surface area (Å²) in [7, 11) is 1.66. The standard InChI is InChI=1S/C25H26N4O3/c1-18-23-15-19-17-28(11-13-31-22-10-6-9-21(16-22)30-2)12-14-32-25(19)26-24(23)29(27-18)20-7-4-3-5-8-20/h3-10,15-16H,11-14,17H2,1-2H3. The van der Waals surface area contributed by atoms with Gasteiger partial charge in [-0.25, -0.2) is 4.68 Å². The molecule has 0 atom stereocenters. The van der Waals surface area contributed by atoms with Crippen molar-refractivity contribution in [3.63, 3.8) is 0 Å². The Kier molecular flexibility index (Phi) is 5.64. The van der Waals surface area contributed by atoms with Crippen LogP contribution < -0.4 is 14.2 Å².